The molecule has 4 rings (SSSR count). The Labute approximate surface area is 204 Å². The van der Waals surface area contributed by atoms with Gasteiger partial charge in [0.15, 0.2) is 0 Å². The SMILES string of the molecule is CCC(CC)O[C@@H]1C=C(C(=O)O)C[C@H](NCc2ccc3sc4ccccc4c3c2)[C@H]1NC(C)=O. The highest BCUT2D eigenvalue weighted by Crippen LogP contribution is 2.34. The van der Waals surface area contributed by atoms with E-state index in [1.54, 1.807) is 17.4 Å². The maximum atomic E-state index is 12.0. The van der Waals surface area contributed by atoms with Gasteiger partial charge >= 0.3 is 5.97 Å². The van der Waals surface area contributed by atoms with Crippen LogP contribution in [0, 0.1) is 0 Å². The number of ether oxygens (including phenoxy) is 1. The number of carbonyl (C=O) groups is 2. The normalized spacial score (nSPS) is 20.6. The van der Waals surface area contributed by atoms with E-state index >= 15 is 0 Å². The quantitative estimate of drug-likeness (QED) is 0.401. The van der Waals surface area contributed by atoms with E-state index < -0.39 is 12.1 Å². The van der Waals surface area contributed by atoms with Crippen LogP contribution in [0.3, 0.4) is 0 Å². The molecule has 0 saturated carbocycles. The third-order valence-corrected chi connectivity index (χ3v) is 7.66. The van der Waals surface area contributed by atoms with Crippen molar-refractivity contribution in [1.29, 1.82) is 0 Å². The first kappa shape index (κ1) is 24.4. The van der Waals surface area contributed by atoms with Crippen LogP contribution >= 0.6 is 11.3 Å². The van der Waals surface area contributed by atoms with Crippen LogP contribution in [0.2, 0.25) is 0 Å². The molecule has 0 spiro atoms. The van der Waals surface area contributed by atoms with Crippen LogP contribution in [0.4, 0.5) is 0 Å². The number of carboxylic acids is 1. The lowest BCUT2D eigenvalue weighted by Gasteiger charge is -2.38. The molecule has 2 aromatic carbocycles. The number of carboxylic acid groups (broad SMARTS) is 1. The summed E-state index contributed by atoms with van der Waals surface area (Å²) in [6.07, 6.45) is 3.12. The Morgan fingerprint density at radius 1 is 1.12 bits per heavy atom. The van der Waals surface area contributed by atoms with E-state index in [2.05, 4.69) is 53.1 Å². The van der Waals surface area contributed by atoms with Crippen LogP contribution in [0.5, 0.6) is 0 Å². The van der Waals surface area contributed by atoms with Gasteiger partial charge in [-0.1, -0.05) is 38.1 Å². The molecule has 0 radical (unpaired) electrons. The van der Waals surface area contributed by atoms with Crippen molar-refractivity contribution in [2.75, 3.05) is 0 Å². The number of carbonyl (C=O) groups excluding carboxylic acids is 1. The first-order valence-corrected chi connectivity index (χ1v) is 12.7. The number of thiophene rings is 1. The molecule has 3 aromatic rings. The number of hydrogen-bond acceptors (Lipinski definition) is 5. The number of amides is 1. The summed E-state index contributed by atoms with van der Waals surface area (Å²) in [5, 5.41) is 18.7. The topological polar surface area (TPSA) is 87.7 Å². The molecule has 34 heavy (non-hydrogen) atoms. The molecular weight excluding hydrogens is 448 g/mol. The smallest absolute Gasteiger partial charge is 0.331 e. The standard InChI is InChI=1S/C27H32N2O4S/c1-4-19(5-2)33-23-14-18(27(31)32)13-22(26(23)29-16(3)30)28-15-17-10-11-25-21(12-17)20-8-6-7-9-24(20)34-25/h6-12,14,19,22-23,26,28H,4-5,13,15H2,1-3H3,(H,29,30)(H,31,32)/t22-,23+,26+/m0/s1. The van der Waals surface area contributed by atoms with Crippen molar-refractivity contribution in [3.8, 4) is 0 Å². The van der Waals surface area contributed by atoms with Crippen LogP contribution in [-0.2, 0) is 20.9 Å². The minimum Gasteiger partial charge on any atom is -0.478 e. The minimum atomic E-state index is -0.947. The Bertz CT molecular complexity index is 1210. The highest BCUT2D eigenvalue weighted by atomic mass is 32.1. The Hall–Kier alpha value is -2.74. The third kappa shape index (κ3) is 5.32. The zero-order valence-corrected chi connectivity index (χ0v) is 20.7. The van der Waals surface area contributed by atoms with E-state index in [1.807, 2.05) is 13.8 Å². The Balaban J connectivity index is 1.59. The second kappa shape index (κ2) is 10.7. The third-order valence-electron chi connectivity index (χ3n) is 6.51. The summed E-state index contributed by atoms with van der Waals surface area (Å²) in [4.78, 5) is 23.9. The van der Waals surface area contributed by atoms with Gasteiger partial charge in [0.2, 0.25) is 5.91 Å². The van der Waals surface area contributed by atoms with Crippen molar-refractivity contribution in [3.05, 3.63) is 59.7 Å². The number of fused-ring (bicyclic) bond motifs is 3. The summed E-state index contributed by atoms with van der Waals surface area (Å²) in [6, 6.07) is 14.2. The molecule has 0 fully saturated rings. The van der Waals surface area contributed by atoms with Crippen LogP contribution in [0.25, 0.3) is 20.2 Å². The van der Waals surface area contributed by atoms with Crippen LogP contribution in [0.15, 0.2) is 54.1 Å². The number of aliphatic carboxylic acids is 1. The molecule has 0 saturated heterocycles. The van der Waals surface area contributed by atoms with Gasteiger partial charge in [0.1, 0.15) is 0 Å². The van der Waals surface area contributed by atoms with Gasteiger partial charge in [-0.25, -0.2) is 4.79 Å². The Kier molecular flexibility index (Phi) is 7.66. The Morgan fingerprint density at radius 2 is 1.85 bits per heavy atom. The molecule has 0 unspecified atom stereocenters. The van der Waals surface area contributed by atoms with E-state index in [-0.39, 0.29) is 24.1 Å². The summed E-state index contributed by atoms with van der Waals surface area (Å²) >= 11 is 1.78. The highest BCUT2D eigenvalue weighted by Gasteiger charge is 2.37. The molecule has 3 N–H and O–H groups in total. The number of rotatable bonds is 9. The summed E-state index contributed by atoms with van der Waals surface area (Å²) in [5.41, 5.74) is 1.43. The molecule has 7 heteroatoms. The first-order valence-electron chi connectivity index (χ1n) is 11.9. The molecule has 180 valence electrons. The van der Waals surface area contributed by atoms with E-state index in [4.69, 9.17) is 4.74 Å². The summed E-state index contributed by atoms with van der Waals surface area (Å²) in [7, 11) is 0. The van der Waals surface area contributed by atoms with E-state index in [0.29, 0.717) is 18.5 Å². The predicted octanol–water partition coefficient (Wildman–Crippen LogP) is 5.01. The molecule has 1 heterocycles. The van der Waals surface area contributed by atoms with Gasteiger partial charge in [0, 0.05) is 45.3 Å². The van der Waals surface area contributed by atoms with Gasteiger partial charge in [0.25, 0.3) is 0 Å². The van der Waals surface area contributed by atoms with Crippen molar-refractivity contribution >= 4 is 43.4 Å². The fourth-order valence-corrected chi connectivity index (χ4v) is 5.78. The fourth-order valence-electron chi connectivity index (χ4n) is 4.70. The molecule has 1 amide bonds. The van der Waals surface area contributed by atoms with Gasteiger partial charge in [-0.15, -0.1) is 11.3 Å². The van der Waals surface area contributed by atoms with E-state index in [1.165, 1.54) is 27.1 Å². The average molecular weight is 481 g/mol. The molecule has 1 aliphatic rings. The lowest BCUT2D eigenvalue weighted by molar-refractivity contribution is -0.133. The van der Waals surface area contributed by atoms with E-state index in [9.17, 15) is 14.7 Å². The molecule has 3 atom stereocenters. The van der Waals surface area contributed by atoms with Gasteiger partial charge in [-0.05, 0) is 49.1 Å². The summed E-state index contributed by atoms with van der Waals surface area (Å²) < 4.78 is 8.77. The van der Waals surface area contributed by atoms with Crippen molar-refractivity contribution < 1.29 is 19.4 Å². The first-order chi connectivity index (χ1) is 16.4. The minimum absolute atomic E-state index is 0.000539. The van der Waals surface area contributed by atoms with Crippen LogP contribution < -0.4 is 10.6 Å². The van der Waals surface area contributed by atoms with Crippen molar-refractivity contribution in [2.45, 2.75) is 70.9 Å². The fraction of sp³-hybridized carbons (Fsp3) is 0.407. The van der Waals surface area contributed by atoms with Gasteiger partial charge in [0.05, 0.1) is 18.2 Å². The lowest BCUT2D eigenvalue weighted by Crippen LogP contribution is -2.58. The van der Waals surface area contributed by atoms with Crippen molar-refractivity contribution in [3.63, 3.8) is 0 Å². The highest BCUT2D eigenvalue weighted by molar-refractivity contribution is 7.25. The zero-order chi connectivity index (χ0) is 24.2. The molecule has 6 nitrogen and oxygen atoms in total. The largest absolute Gasteiger partial charge is 0.478 e. The van der Waals surface area contributed by atoms with Crippen molar-refractivity contribution in [2.24, 2.45) is 0 Å². The lowest BCUT2D eigenvalue weighted by atomic mass is 9.87. The molecule has 1 aliphatic carbocycles. The predicted molar refractivity (Wildman–Crippen MR) is 137 cm³/mol. The van der Waals surface area contributed by atoms with Crippen LogP contribution in [-0.4, -0.2) is 41.3 Å². The number of benzene rings is 2. The summed E-state index contributed by atoms with van der Waals surface area (Å²) in [6.45, 7) is 6.14. The molecule has 1 aromatic heterocycles. The second-order valence-electron chi connectivity index (χ2n) is 8.88. The van der Waals surface area contributed by atoms with E-state index in [0.717, 1.165) is 18.4 Å². The van der Waals surface area contributed by atoms with Gasteiger partial charge < -0.3 is 20.5 Å². The second-order valence-corrected chi connectivity index (χ2v) is 9.97. The molecule has 0 bridgehead atoms. The Morgan fingerprint density at radius 3 is 2.56 bits per heavy atom. The maximum Gasteiger partial charge on any atom is 0.331 e. The molecular formula is C27H32N2O4S. The maximum absolute atomic E-state index is 12.0. The average Bonchev–Trinajstić information content (AvgIpc) is 3.19. The number of nitrogens with one attached hydrogen (secondary N) is 2. The van der Waals surface area contributed by atoms with Crippen molar-refractivity contribution in [1.82, 2.24) is 10.6 Å². The molecule has 0 aliphatic heterocycles. The van der Waals surface area contributed by atoms with Gasteiger partial charge in [-0.3, -0.25) is 4.79 Å². The van der Waals surface area contributed by atoms with Gasteiger partial charge in [-0.2, -0.15) is 0 Å². The number of hydrogen-bond donors (Lipinski definition) is 3. The van der Waals surface area contributed by atoms with Crippen LogP contribution in [0.1, 0.15) is 45.6 Å². The zero-order valence-electron chi connectivity index (χ0n) is 19.8. The monoisotopic (exact) mass is 480 g/mol. The summed E-state index contributed by atoms with van der Waals surface area (Å²) in [5.74, 6) is -1.11.